The van der Waals surface area contributed by atoms with Crippen molar-refractivity contribution in [3.05, 3.63) is 28.2 Å². The van der Waals surface area contributed by atoms with Gasteiger partial charge in [-0.25, -0.2) is 0 Å². The smallest absolute Gasteiger partial charge is 0.106 e. The van der Waals surface area contributed by atoms with E-state index in [1.807, 2.05) is 23.9 Å². The van der Waals surface area contributed by atoms with Crippen LogP contribution in [0, 0.1) is 0 Å². The van der Waals surface area contributed by atoms with Crippen molar-refractivity contribution in [2.45, 2.75) is 18.6 Å². The van der Waals surface area contributed by atoms with Gasteiger partial charge in [0.25, 0.3) is 0 Å². The highest BCUT2D eigenvalue weighted by molar-refractivity contribution is 9.10. The molecule has 0 radical (unpaired) electrons. The molecule has 0 aromatic heterocycles. The van der Waals surface area contributed by atoms with Gasteiger partial charge in [-0.05, 0) is 32.0 Å². The number of halogens is 1. The number of rotatable bonds is 2. The van der Waals surface area contributed by atoms with Gasteiger partial charge in [0, 0.05) is 39.3 Å². The molecule has 2 rings (SSSR count). The predicted molar refractivity (Wildman–Crippen MR) is 88.8 cm³/mol. The van der Waals surface area contributed by atoms with Gasteiger partial charge in [0.2, 0.25) is 0 Å². The average Bonchev–Trinajstić information content (AvgIpc) is 2.27. The van der Waals surface area contributed by atoms with E-state index in [-0.39, 0.29) is 4.75 Å². The maximum Gasteiger partial charge on any atom is 0.106 e. The number of benzene rings is 1. The number of nitrogens with two attached hydrogens (primary N) is 1. The standard InChI is InChI=1S/C13H17BrN2S2/c1-13(2)8-16(5-6-18-13)11-4-3-9(14)7-10(11)12(15)17/h3-4,7H,5-6,8H2,1-2H3,(H2,15,17). The molecule has 18 heavy (non-hydrogen) atoms. The van der Waals surface area contributed by atoms with E-state index in [0.717, 1.165) is 34.6 Å². The van der Waals surface area contributed by atoms with Crippen molar-refractivity contribution in [3.63, 3.8) is 0 Å². The second-order valence-corrected chi connectivity index (χ2v) is 8.21. The molecule has 0 saturated carbocycles. The van der Waals surface area contributed by atoms with Crippen LogP contribution in [0.3, 0.4) is 0 Å². The Hall–Kier alpha value is -0.260. The van der Waals surface area contributed by atoms with Gasteiger partial charge in [-0.15, -0.1) is 0 Å². The van der Waals surface area contributed by atoms with Crippen molar-refractivity contribution < 1.29 is 0 Å². The molecule has 5 heteroatoms. The first kappa shape index (κ1) is 14.2. The highest BCUT2D eigenvalue weighted by atomic mass is 79.9. The fourth-order valence-electron chi connectivity index (χ4n) is 2.20. The van der Waals surface area contributed by atoms with Crippen molar-refractivity contribution >= 4 is 50.6 Å². The van der Waals surface area contributed by atoms with Crippen molar-refractivity contribution in [1.29, 1.82) is 0 Å². The molecule has 1 saturated heterocycles. The molecular weight excluding hydrogens is 328 g/mol. The van der Waals surface area contributed by atoms with Crippen LogP contribution >= 0.6 is 39.9 Å². The van der Waals surface area contributed by atoms with E-state index in [1.165, 1.54) is 0 Å². The first-order chi connectivity index (χ1) is 8.39. The van der Waals surface area contributed by atoms with E-state index < -0.39 is 0 Å². The lowest BCUT2D eigenvalue weighted by Crippen LogP contribution is -2.43. The summed E-state index contributed by atoms with van der Waals surface area (Å²) >= 11 is 10.7. The van der Waals surface area contributed by atoms with Gasteiger partial charge in [-0.2, -0.15) is 11.8 Å². The Bertz CT molecular complexity index is 474. The van der Waals surface area contributed by atoms with Gasteiger partial charge in [0.15, 0.2) is 0 Å². The van der Waals surface area contributed by atoms with Gasteiger partial charge in [0.1, 0.15) is 4.99 Å². The maximum absolute atomic E-state index is 5.84. The molecule has 0 aliphatic carbocycles. The zero-order valence-corrected chi connectivity index (χ0v) is 13.8. The molecule has 1 aliphatic rings. The summed E-state index contributed by atoms with van der Waals surface area (Å²) in [5, 5.41) is 0. The molecule has 1 aliphatic heterocycles. The summed E-state index contributed by atoms with van der Waals surface area (Å²) in [5.74, 6) is 1.14. The number of thioether (sulfide) groups is 1. The molecule has 0 atom stereocenters. The predicted octanol–water partition coefficient (Wildman–Crippen LogP) is 3.42. The molecule has 0 spiro atoms. The second kappa shape index (κ2) is 5.39. The first-order valence-corrected chi connectivity index (χ1v) is 8.06. The molecule has 1 aromatic rings. The molecule has 2 N–H and O–H groups in total. The summed E-state index contributed by atoms with van der Waals surface area (Å²) in [6.07, 6.45) is 0. The number of anilines is 1. The maximum atomic E-state index is 5.84. The van der Waals surface area contributed by atoms with Gasteiger partial charge in [0.05, 0.1) is 0 Å². The Morgan fingerprint density at radius 3 is 2.83 bits per heavy atom. The molecule has 1 heterocycles. The Morgan fingerprint density at radius 2 is 2.22 bits per heavy atom. The van der Waals surface area contributed by atoms with Crippen molar-refractivity contribution in [3.8, 4) is 0 Å². The minimum Gasteiger partial charge on any atom is -0.389 e. The quantitative estimate of drug-likeness (QED) is 0.832. The number of hydrogen-bond acceptors (Lipinski definition) is 3. The summed E-state index contributed by atoms with van der Waals surface area (Å²) < 4.78 is 1.29. The zero-order valence-electron chi connectivity index (χ0n) is 10.6. The second-order valence-electron chi connectivity index (χ2n) is 5.06. The van der Waals surface area contributed by atoms with Crippen LogP contribution in [-0.2, 0) is 0 Å². The fraction of sp³-hybridized carbons (Fsp3) is 0.462. The van der Waals surface area contributed by atoms with E-state index >= 15 is 0 Å². The highest BCUT2D eigenvalue weighted by Gasteiger charge is 2.28. The van der Waals surface area contributed by atoms with E-state index in [4.69, 9.17) is 18.0 Å². The van der Waals surface area contributed by atoms with Gasteiger partial charge in [-0.3, -0.25) is 0 Å². The lowest BCUT2D eigenvalue weighted by atomic mass is 10.1. The van der Waals surface area contributed by atoms with E-state index in [2.05, 4.69) is 40.7 Å². The summed E-state index contributed by atoms with van der Waals surface area (Å²) in [4.78, 5) is 2.85. The summed E-state index contributed by atoms with van der Waals surface area (Å²) in [5.41, 5.74) is 7.95. The number of thiocarbonyl (C=S) groups is 1. The third-order valence-corrected chi connectivity index (χ3v) is 5.00. The van der Waals surface area contributed by atoms with Crippen LogP contribution in [0.4, 0.5) is 5.69 Å². The van der Waals surface area contributed by atoms with Crippen LogP contribution < -0.4 is 10.6 Å². The van der Waals surface area contributed by atoms with Crippen molar-refractivity contribution in [2.75, 3.05) is 23.7 Å². The van der Waals surface area contributed by atoms with Crippen LogP contribution in [0.1, 0.15) is 19.4 Å². The van der Waals surface area contributed by atoms with Gasteiger partial charge < -0.3 is 10.6 Å². The van der Waals surface area contributed by atoms with Crippen LogP contribution in [0.5, 0.6) is 0 Å². The minimum absolute atomic E-state index is 0.277. The van der Waals surface area contributed by atoms with Crippen molar-refractivity contribution in [1.82, 2.24) is 0 Å². The van der Waals surface area contributed by atoms with Gasteiger partial charge >= 0.3 is 0 Å². The summed E-state index contributed by atoms with van der Waals surface area (Å²) in [6, 6.07) is 6.16. The monoisotopic (exact) mass is 344 g/mol. The molecule has 0 bridgehead atoms. The molecule has 98 valence electrons. The number of nitrogens with zero attached hydrogens (tertiary/aromatic N) is 1. The largest absolute Gasteiger partial charge is 0.389 e. The van der Waals surface area contributed by atoms with E-state index in [1.54, 1.807) is 0 Å². The highest BCUT2D eigenvalue weighted by Crippen LogP contribution is 2.34. The van der Waals surface area contributed by atoms with Crippen LogP contribution in [0.25, 0.3) is 0 Å². The molecule has 2 nitrogen and oxygen atoms in total. The average molecular weight is 345 g/mol. The third kappa shape index (κ3) is 3.19. The molecule has 1 fully saturated rings. The number of hydrogen-bond donors (Lipinski definition) is 1. The summed E-state index contributed by atoms with van der Waals surface area (Å²) in [7, 11) is 0. The Labute approximate surface area is 126 Å². The minimum atomic E-state index is 0.277. The van der Waals surface area contributed by atoms with Crippen LogP contribution in [0.15, 0.2) is 22.7 Å². The van der Waals surface area contributed by atoms with E-state index in [0.29, 0.717) is 4.99 Å². The molecule has 0 amide bonds. The molecular formula is C13H17BrN2S2. The lowest BCUT2D eigenvalue weighted by Gasteiger charge is -2.39. The molecule has 1 aromatic carbocycles. The Kier molecular flexibility index (Phi) is 4.24. The fourth-order valence-corrected chi connectivity index (χ4v) is 3.84. The first-order valence-electron chi connectivity index (χ1n) is 5.87. The zero-order chi connectivity index (χ0) is 13.3. The van der Waals surface area contributed by atoms with Gasteiger partial charge in [-0.1, -0.05) is 28.1 Å². The third-order valence-electron chi connectivity index (χ3n) is 2.99. The molecule has 0 unspecified atom stereocenters. The Morgan fingerprint density at radius 1 is 1.50 bits per heavy atom. The van der Waals surface area contributed by atoms with E-state index in [9.17, 15) is 0 Å². The Balaban J connectivity index is 2.35. The van der Waals surface area contributed by atoms with Crippen LogP contribution in [0.2, 0.25) is 0 Å². The van der Waals surface area contributed by atoms with Crippen molar-refractivity contribution in [2.24, 2.45) is 5.73 Å². The SMILES string of the molecule is CC1(C)CN(c2ccc(Br)cc2C(N)=S)CCS1. The lowest BCUT2D eigenvalue weighted by molar-refractivity contribution is 0.647. The summed E-state index contributed by atoms with van der Waals surface area (Å²) in [6.45, 7) is 6.63. The normalized spacial score (nSPS) is 18.7. The topological polar surface area (TPSA) is 29.3 Å². The van der Waals surface area contributed by atoms with Crippen LogP contribution in [-0.4, -0.2) is 28.6 Å².